The Balaban J connectivity index is 1.72. The van der Waals surface area contributed by atoms with Crippen LogP contribution in [-0.4, -0.2) is 53.6 Å². The fraction of sp³-hybridized carbons (Fsp3) is 0.643. The van der Waals surface area contributed by atoms with Crippen LogP contribution in [-0.2, 0) is 4.79 Å². The van der Waals surface area contributed by atoms with Gasteiger partial charge >= 0.3 is 5.97 Å². The molecule has 0 saturated carbocycles. The van der Waals surface area contributed by atoms with Crippen LogP contribution in [0.2, 0.25) is 0 Å². The molecular formula is C14H22N2O2S. The molecule has 19 heavy (non-hydrogen) atoms. The minimum Gasteiger partial charge on any atom is -0.481 e. The summed E-state index contributed by atoms with van der Waals surface area (Å²) in [4.78, 5) is 15.4. The summed E-state index contributed by atoms with van der Waals surface area (Å²) in [5, 5.41) is 13.0. The Kier molecular flexibility index (Phi) is 5.36. The Morgan fingerprint density at radius 1 is 1.42 bits per heavy atom. The molecule has 1 N–H and O–H groups in total. The first-order valence-electron chi connectivity index (χ1n) is 6.87. The van der Waals surface area contributed by atoms with Crippen molar-refractivity contribution in [3.05, 3.63) is 22.4 Å². The predicted molar refractivity (Wildman–Crippen MR) is 77.6 cm³/mol. The van der Waals surface area contributed by atoms with Gasteiger partial charge in [-0.3, -0.25) is 9.69 Å². The van der Waals surface area contributed by atoms with E-state index >= 15 is 0 Å². The first kappa shape index (κ1) is 14.5. The lowest BCUT2D eigenvalue weighted by Gasteiger charge is -2.38. The Morgan fingerprint density at radius 3 is 2.74 bits per heavy atom. The zero-order chi connectivity index (χ0) is 13.7. The third kappa shape index (κ3) is 4.30. The second-order valence-electron chi connectivity index (χ2n) is 5.11. The van der Waals surface area contributed by atoms with Crippen molar-refractivity contribution in [3.63, 3.8) is 0 Å². The molecule has 5 heteroatoms. The van der Waals surface area contributed by atoms with Crippen LogP contribution in [0.4, 0.5) is 0 Å². The molecule has 1 fully saturated rings. The maximum absolute atomic E-state index is 10.5. The average molecular weight is 282 g/mol. The van der Waals surface area contributed by atoms with Gasteiger partial charge in [0.15, 0.2) is 0 Å². The number of carboxylic acids is 1. The maximum Gasteiger partial charge on any atom is 0.303 e. The van der Waals surface area contributed by atoms with Crippen molar-refractivity contribution in [2.75, 3.05) is 32.7 Å². The van der Waals surface area contributed by atoms with Crippen molar-refractivity contribution < 1.29 is 9.90 Å². The van der Waals surface area contributed by atoms with Crippen LogP contribution in [0.15, 0.2) is 16.8 Å². The van der Waals surface area contributed by atoms with Gasteiger partial charge in [-0.2, -0.15) is 11.3 Å². The lowest BCUT2D eigenvalue weighted by Crippen LogP contribution is -2.47. The minimum absolute atomic E-state index is 0.283. The molecular weight excluding hydrogens is 260 g/mol. The van der Waals surface area contributed by atoms with Crippen LogP contribution in [0, 0.1) is 0 Å². The van der Waals surface area contributed by atoms with E-state index in [1.54, 1.807) is 11.3 Å². The molecule has 1 aliphatic heterocycles. The van der Waals surface area contributed by atoms with Crippen LogP contribution in [0.25, 0.3) is 0 Å². The first-order valence-corrected chi connectivity index (χ1v) is 7.81. The Hall–Kier alpha value is -0.910. The molecule has 2 heterocycles. The Labute approximate surface area is 118 Å². The van der Waals surface area contributed by atoms with Gasteiger partial charge in [-0.05, 0) is 42.3 Å². The molecule has 1 saturated heterocycles. The summed E-state index contributed by atoms with van der Waals surface area (Å²) < 4.78 is 0. The number of hydrogen-bond donors (Lipinski definition) is 1. The number of carbonyl (C=O) groups is 1. The zero-order valence-corrected chi connectivity index (χ0v) is 12.2. The van der Waals surface area contributed by atoms with E-state index in [1.807, 2.05) is 0 Å². The summed E-state index contributed by atoms with van der Waals surface area (Å²) in [7, 11) is 0. The highest BCUT2D eigenvalue weighted by Crippen LogP contribution is 2.23. The monoisotopic (exact) mass is 282 g/mol. The van der Waals surface area contributed by atoms with E-state index in [9.17, 15) is 4.79 Å². The number of carboxylic acid groups (broad SMARTS) is 1. The highest BCUT2D eigenvalue weighted by Gasteiger charge is 2.21. The molecule has 0 aliphatic carbocycles. The van der Waals surface area contributed by atoms with Crippen molar-refractivity contribution in [2.24, 2.45) is 0 Å². The van der Waals surface area contributed by atoms with Gasteiger partial charge in [-0.25, -0.2) is 0 Å². The third-order valence-corrected chi connectivity index (χ3v) is 4.55. The Bertz CT molecular complexity index is 386. The van der Waals surface area contributed by atoms with Gasteiger partial charge < -0.3 is 10.0 Å². The van der Waals surface area contributed by atoms with Gasteiger partial charge in [0.05, 0.1) is 0 Å². The van der Waals surface area contributed by atoms with E-state index in [0.29, 0.717) is 6.04 Å². The third-order valence-electron chi connectivity index (χ3n) is 3.85. The standard InChI is InChI=1S/C14H22N2O2S/c1-12(13-4-10-19-11-13)16-8-6-15(7-9-16)5-2-3-14(17)18/h4,10-12H,2-3,5-9H2,1H3,(H,17,18). The molecule has 0 aromatic carbocycles. The van der Waals surface area contributed by atoms with E-state index in [2.05, 4.69) is 33.6 Å². The van der Waals surface area contributed by atoms with Crippen LogP contribution in [0.3, 0.4) is 0 Å². The van der Waals surface area contributed by atoms with Gasteiger partial charge in [-0.1, -0.05) is 0 Å². The molecule has 0 amide bonds. The van der Waals surface area contributed by atoms with Gasteiger partial charge in [-0.15, -0.1) is 0 Å². The SMILES string of the molecule is CC(c1ccsc1)N1CCN(CCCC(=O)O)CC1. The quantitative estimate of drug-likeness (QED) is 0.869. The number of hydrogen-bond acceptors (Lipinski definition) is 4. The molecule has 0 spiro atoms. The molecule has 2 rings (SSSR count). The van der Waals surface area contributed by atoms with Crippen molar-refractivity contribution in [2.45, 2.75) is 25.8 Å². The van der Waals surface area contributed by atoms with Crippen LogP contribution < -0.4 is 0 Å². The van der Waals surface area contributed by atoms with Crippen LogP contribution in [0.1, 0.15) is 31.4 Å². The van der Waals surface area contributed by atoms with Crippen LogP contribution >= 0.6 is 11.3 Å². The van der Waals surface area contributed by atoms with E-state index in [1.165, 1.54) is 5.56 Å². The second kappa shape index (κ2) is 7.03. The van der Waals surface area contributed by atoms with Gasteiger partial charge in [0, 0.05) is 38.6 Å². The molecule has 4 nitrogen and oxygen atoms in total. The summed E-state index contributed by atoms with van der Waals surface area (Å²) >= 11 is 1.75. The zero-order valence-electron chi connectivity index (χ0n) is 11.4. The molecule has 1 aromatic heterocycles. The van der Waals surface area contributed by atoms with E-state index in [-0.39, 0.29) is 6.42 Å². The van der Waals surface area contributed by atoms with Crippen LogP contribution in [0.5, 0.6) is 0 Å². The van der Waals surface area contributed by atoms with Gasteiger partial charge in [0.1, 0.15) is 0 Å². The molecule has 1 aromatic rings. The number of aliphatic carboxylic acids is 1. The average Bonchev–Trinajstić information content (AvgIpc) is 2.92. The second-order valence-corrected chi connectivity index (χ2v) is 5.89. The van der Waals surface area contributed by atoms with Crippen molar-refractivity contribution >= 4 is 17.3 Å². The summed E-state index contributed by atoms with van der Waals surface area (Å²) in [5.74, 6) is -0.690. The summed E-state index contributed by atoms with van der Waals surface area (Å²) in [6.45, 7) is 7.42. The number of rotatable bonds is 6. The topological polar surface area (TPSA) is 43.8 Å². The molecule has 1 atom stereocenters. The highest BCUT2D eigenvalue weighted by molar-refractivity contribution is 7.07. The summed E-state index contributed by atoms with van der Waals surface area (Å²) in [5.41, 5.74) is 1.41. The minimum atomic E-state index is -0.690. The van der Waals surface area contributed by atoms with E-state index < -0.39 is 5.97 Å². The lowest BCUT2D eigenvalue weighted by atomic mass is 10.1. The molecule has 1 aliphatic rings. The van der Waals surface area contributed by atoms with E-state index in [4.69, 9.17) is 5.11 Å². The fourth-order valence-corrected chi connectivity index (χ4v) is 3.30. The predicted octanol–water partition coefficient (Wildman–Crippen LogP) is 2.29. The van der Waals surface area contributed by atoms with Gasteiger partial charge in [0.2, 0.25) is 0 Å². The molecule has 0 bridgehead atoms. The largest absolute Gasteiger partial charge is 0.481 e. The van der Waals surface area contributed by atoms with Crippen molar-refractivity contribution in [1.82, 2.24) is 9.80 Å². The number of piperazine rings is 1. The molecule has 106 valence electrons. The highest BCUT2D eigenvalue weighted by atomic mass is 32.1. The number of nitrogens with zero attached hydrogens (tertiary/aromatic N) is 2. The maximum atomic E-state index is 10.5. The van der Waals surface area contributed by atoms with E-state index in [0.717, 1.165) is 39.1 Å². The molecule has 1 unspecified atom stereocenters. The number of thiophene rings is 1. The first-order chi connectivity index (χ1) is 9.16. The van der Waals surface area contributed by atoms with Gasteiger partial charge in [0.25, 0.3) is 0 Å². The molecule has 0 radical (unpaired) electrons. The normalized spacial score (nSPS) is 19.4. The lowest BCUT2D eigenvalue weighted by molar-refractivity contribution is -0.137. The Morgan fingerprint density at radius 2 is 2.16 bits per heavy atom. The fourth-order valence-electron chi connectivity index (χ4n) is 2.55. The van der Waals surface area contributed by atoms with Crippen molar-refractivity contribution in [3.8, 4) is 0 Å². The summed E-state index contributed by atoms with van der Waals surface area (Å²) in [6, 6.07) is 2.70. The van der Waals surface area contributed by atoms with Crippen molar-refractivity contribution in [1.29, 1.82) is 0 Å². The summed E-state index contributed by atoms with van der Waals surface area (Å²) in [6.07, 6.45) is 1.04. The smallest absolute Gasteiger partial charge is 0.303 e.